The smallest absolute Gasteiger partial charge is 0.227 e. The summed E-state index contributed by atoms with van der Waals surface area (Å²) >= 11 is 0. The minimum atomic E-state index is -0.250. The fraction of sp³-hybridized carbons (Fsp3) is 0.467. The summed E-state index contributed by atoms with van der Waals surface area (Å²) in [6.45, 7) is 7.64. The first-order valence-electron chi connectivity index (χ1n) is 6.68. The van der Waals surface area contributed by atoms with Crippen molar-refractivity contribution in [3.8, 4) is 17.1 Å². The van der Waals surface area contributed by atoms with Gasteiger partial charge in [0.15, 0.2) is 0 Å². The Morgan fingerprint density at radius 2 is 1.85 bits per heavy atom. The van der Waals surface area contributed by atoms with Crippen molar-refractivity contribution < 1.29 is 9.63 Å². The lowest BCUT2D eigenvalue weighted by Crippen LogP contribution is -2.32. The van der Waals surface area contributed by atoms with E-state index in [9.17, 15) is 5.11 Å². The summed E-state index contributed by atoms with van der Waals surface area (Å²) in [6.07, 6.45) is 1.44. The molecule has 5 nitrogen and oxygen atoms in total. The fourth-order valence-electron chi connectivity index (χ4n) is 1.99. The van der Waals surface area contributed by atoms with Gasteiger partial charge in [-0.15, -0.1) is 0 Å². The van der Waals surface area contributed by atoms with Crippen LogP contribution in [0.2, 0.25) is 0 Å². The van der Waals surface area contributed by atoms with Crippen molar-refractivity contribution in [2.45, 2.75) is 46.1 Å². The molecule has 5 heteroatoms. The highest BCUT2D eigenvalue weighted by atomic mass is 16.5. The first kappa shape index (κ1) is 14.5. The average molecular weight is 275 g/mol. The van der Waals surface area contributed by atoms with E-state index in [0.29, 0.717) is 23.9 Å². The number of nitrogens with zero attached hydrogens (tertiary/aromatic N) is 2. The Labute approximate surface area is 118 Å². The van der Waals surface area contributed by atoms with Crippen LogP contribution in [-0.4, -0.2) is 20.8 Å². The Morgan fingerprint density at radius 3 is 2.40 bits per heavy atom. The van der Waals surface area contributed by atoms with Gasteiger partial charge in [-0.05, 0) is 57.4 Å². The molecular formula is C15H21N3O2. The van der Waals surface area contributed by atoms with Crippen LogP contribution in [0.25, 0.3) is 11.4 Å². The molecule has 0 bridgehead atoms. The van der Waals surface area contributed by atoms with Crippen molar-refractivity contribution in [2.24, 2.45) is 5.73 Å². The van der Waals surface area contributed by atoms with E-state index in [1.807, 2.05) is 39.8 Å². The lowest BCUT2D eigenvalue weighted by atomic mass is 10.0. The van der Waals surface area contributed by atoms with Crippen molar-refractivity contribution in [3.63, 3.8) is 0 Å². The van der Waals surface area contributed by atoms with Crippen LogP contribution in [0.3, 0.4) is 0 Å². The molecule has 1 aromatic heterocycles. The first-order chi connectivity index (χ1) is 9.26. The van der Waals surface area contributed by atoms with Gasteiger partial charge in [-0.1, -0.05) is 5.16 Å². The van der Waals surface area contributed by atoms with Gasteiger partial charge < -0.3 is 15.4 Å². The largest absolute Gasteiger partial charge is 0.507 e. The van der Waals surface area contributed by atoms with Gasteiger partial charge in [-0.25, -0.2) is 0 Å². The highest BCUT2D eigenvalue weighted by molar-refractivity contribution is 5.60. The Hall–Kier alpha value is -1.88. The third kappa shape index (κ3) is 3.36. The molecule has 0 radical (unpaired) electrons. The van der Waals surface area contributed by atoms with E-state index in [-0.39, 0.29) is 5.54 Å². The topological polar surface area (TPSA) is 85.2 Å². The first-order valence-corrected chi connectivity index (χ1v) is 6.68. The molecule has 0 aliphatic rings. The number of hydrogen-bond donors (Lipinski definition) is 2. The summed E-state index contributed by atoms with van der Waals surface area (Å²) in [5.41, 5.74) is 8.14. The van der Waals surface area contributed by atoms with Crippen molar-refractivity contribution in [2.75, 3.05) is 0 Å². The van der Waals surface area contributed by atoms with Crippen molar-refractivity contribution in [1.82, 2.24) is 10.1 Å². The quantitative estimate of drug-likeness (QED) is 0.896. The van der Waals surface area contributed by atoms with Crippen LogP contribution < -0.4 is 5.73 Å². The number of nitrogens with two attached hydrogens (primary N) is 1. The fourth-order valence-corrected chi connectivity index (χ4v) is 1.99. The second kappa shape index (κ2) is 5.25. The van der Waals surface area contributed by atoms with Crippen LogP contribution in [0.1, 0.15) is 37.3 Å². The van der Waals surface area contributed by atoms with Crippen LogP contribution in [0.5, 0.6) is 5.75 Å². The molecule has 0 aliphatic heterocycles. The van der Waals surface area contributed by atoms with Crippen LogP contribution in [-0.2, 0) is 6.42 Å². The molecule has 0 unspecified atom stereocenters. The van der Waals surface area contributed by atoms with Gasteiger partial charge in [0.25, 0.3) is 0 Å². The molecule has 0 saturated carbocycles. The molecule has 0 amide bonds. The van der Waals surface area contributed by atoms with E-state index in [4.69, 9.17) is 10.3 Å². The summed E-state index contributed by atoms with van der Waals surface area (Å²) in [5, 5.41) is 13.8. The minimum absolute atomic E-state index is 0.250. The van der Waals surface area contributed by atoms with E-state index in [1.54, 1.807) is 0 Å². The number of phenolic OH excluding ortho intramolecular Hbond substituents is 1. The van der Waals surface area contributed by atoms with Crippen LogP contribution in [0, 0.1) is 13.8 Å². The number of aromatic nitrogens is 2. The number of hydrogen-bond acceptors (Lipinski definition) is 5. The lowest BCUT2D eigenvalue weighted by molar-refractivity contribution is 0.358. The van der Waals surface area contributed by atoms with E-state index >= 15 is 0 Å². The molecule has 0 atom stereocenters. The van der Waals surface area contributed by atoms with E-state index in [2.05, 4.69) is 10.1 Å². The predicted octanol–water partition coefficient (Wildman–Crippen LogP) is 2.73. The molecule has 0 fully saturated rings. The second-order valence-electron chi connectivity index (χ2n) is 5.96. The Kier molecular flexibility index (Phi) is 3.81. The van der Waals surface area contributed by atoms with Crippen LogP contribution in [0.15, 0.2) is 16.7 Å². The van der Waals surface area contributed by atoms with E-state index in [1.165, 1.54) is 0 Å². The average Bonchev–Trinajstić information content (AvgIpc) is 2.81. The standard InChI is InChI=1S/C15H21N3O2/c1-9-7-11(8-10(2)13(9)19)14-17-12(20-18-14)5-6-15(3,4)16/h7-8,19H,5-6,16H2,1-4H3. The van der Waals surface area contributed by atoms with Crippen molar-refractivity contribution in [3.05, 3.63) is 29.2 Å². The van der Waals surface area contributed by atoms with Gasteiger partial charge in [-0.2, -0.15) is 4.98 Å². The maximum atomic E-state index is 9.78. The van der Waals surface area contributed by atoms with Gasteiger partial charge in [-0.3, -0.25) is 0 Å². The molecule has 108 valence electrons. The number of aromatic hydroxyl groups is 1. The zero-order valence-corrected chi connectivity index (χ0v) is 12.4. The van der Waals surface area contributed by atoms with Gasteiger partial charge in [0.05, 0.1) is 0 Å². The minimum Gasteiger partial charge on any atom is -0.507 e. The number of phenols is 1. The van der Waals surface area contributed by atoms with E-state index < -0.39 is 0 Å². The Bertz CT molecular complexity index is 589. The summed E-state index contributed by atoms with van der Waals surface area (Å²) in [4.78, 5) is 4.38. The number of benzene rings is 1. The SMILES string of the molecule is Cc1cc(-c2noc(CCC(C)(C)N)n2)cc(C)c1O. The molecule has 1 aromatic carbocycles. The van der Waals surface area contributed by atoms with E-state index in [0.717, 1.165) is 23.1 Å². The molecule has 2 rings (SSSR count). The molecule has 0 spiro atoms. The zero-order valence-electron chi connectivity index (χ0n) is 12.4. The third-order valence-electron chi connectivity index (χ3n) is 3.20. The molecule has 0 aliphatic carbocycles. The highest BCUT2D eigenvalue weighted by Gasteiger charge is 2.15. The maximum absolute atomic E-state index is 9.78. The molecule has 20 heavy (non-hydrogen) atoms. The molecule has 1 heterocycles. The summed E-state index contributed by atoms with van der Waals surface area (Å²) in [5.74, 6) is 1.44. The lowest BCUT2D eigenvalue weighted by Gasteiger charge is -2.16. The van der Waals surface area contributed by atoms with Crippen LogP contribution >= 0.6 is 0 Å². The number of rotatable bonds is 4. The molecular weight excluding hydrogens is 254 g/mol. The maximum Gasteiger partial charge on any atom is 0.227 e. The molecule has 2 aromatic rings. The highest BCUT2D eigenvalue weighted by Crippen LogP contribution is 2.27. The van der Waals surface area contributed by atoms with Crippen molar-refractivity contribution in [1.29, 1.82) is 0 Å². The normalized spacial score (nSPS) is 11.8. The molecule has 0 saturated heterocycles. The number of aryl methyl sites for hydroxylation is 3. The van der Waals surface area contributed by atoms with Crippen molar-refractivity contribution >= 4 is 0 Å². The molecule has 3 N–H and O–H groups in total. The third-order valence-corrected chi connectivity index (χ3v) is 3.20. The Balaban J connectivity index is 2.21. The van der Waals surface area contributed by atoms with Gasteiger partial charge in [0.1, 0.15) is 5.75 Å². The summed E-state index contributed by atoms with van der Waals surface area (Å²) in [7, 11) is 0. The van der Waals surface area contributed by atoms with Crippen LogP contribution in [0.4, 0.5) is 0 Å². The van der Waals surface area contributed by atoms with Gasteiger partial charge in [0.2, 0.25) is 11.7 Å². The Morgan fingerprint density at radius 1 is 1.25 bits per heavy atom. The summed E-state index contributed by atoms with van der Waals surface area (Å²) in [6, 6.07) is 3.70. The second-order valence-corrected chi connectivity index (χ2v) is 5.96. The monoisotopic (exact) mass is 275 g/mol. The summed E-state index contributed by atoms with van der Waals surface area (Å²) < 4.78 is 5.25. The van der Waals surface area contributed by atoms with Gasteiger partial charge in [0, 0.05) is 17.5 Å². The van der Waals surface area contributed by atoms with Gasteiger partial charge >= 0.3 is 0 Å². The zero-order chi connectivity index (χ0) is 14.9. The predicted molar refractivity (Wildman–Crippen MR) is 77.5 cm³/mol.